The number of methoxy groups -OCH3 is 1. The second kappa shape index (κ2) is 38.7. The van der Waals surface area contributed by atoms with Gasteiger partial charge in [0, 0.05) is 7.11 Å². The Balaban J connectivity index is 0.945. The van der Waals surface area contributed by atoms with Crippen LogP contribution in [0.4, 0.5) is 0 Å². The third-order valence-electron chi connectivity index (χ3n) is 18.5. The zero-order valence-electron chi connectivity index (χ0n) is 61.3. The molecular formula is C89H74O26. The molecular weight excluding hydrogens is 1480 g/mol. The summed E-state index contributed by atoms with van der Waals surface area (Å²) in [7, 11) is 1.23. The van der Waals surface area contributed by atoms with Gasteiger partial charge in [0.1, 0.15) is 37.6 Å². The standard InChI is InChI=1S/C89H74O26/c1-100-87-74(110-84(97)62-46-26-9-27-47-62)71(107-81(94)59-40-20-6-21-41-59)68(113-87)66(105-80(93)58-38-18-5-19-39-58)54-103-88-75(111-85(98)63-48-28-10-29-49-63)72(108-82(95)60-42-22-7-23-43-60)70(114-88)67(53-102-78(91)56-34-14-3-15-35-56)106-89-76(112-86(99)64-50-30-11-31-51-64)73(109-83(96)61-44-24-8-25-45-61)69(115-89)65(104-79(92)57-36-16-4-17-37-57)52-101-77(90)55-32-12-2-13-33-55/h2-51,65-76,87-89H,52-54H2,1H3/t65-,66-,67-,68+,69+,70+,71+,72+,73+,74-,75-,76-,87-,88-,89-/m1/s1. The van der Waals surface area contributed by atoms with Crippen LogP contribution in [-0.4, -0.2) is 179 Å². The van der Waals surface area contributed by atoms with Gasteiger partial charge >= 0.3 is 59.7 Å². The van der Waals surface area contributed by atoms with E-state index in [4.69, 9.17) is 75.8 Å². The summed E-state index contributed by atoms with van der Waals surface area (Å²) in [6.45, 7) is -2.72. The van der Waals surface area contributed by atoms with Gasteiger partial charge in [-0.05, 0) is 121 Å². The molecule has 10 aromatic rings. The van der Waals surface area contributed by atoms with E-state index in [1.807, 2.05) is 0 Å². The molecule has 0 saturated carbocycles. The van der Waals surface area contributed by atoms with Crippen molar-refractivity contribution in [3.63, 3.8) is 0 Å². The minimum Gasteiger partial charge on any atom is -0.459 e. The van der Waals surface area contributed by atoms with E-state index in [-0.39, 0.29) is 55.6 Å². The summed E-state index contributed by atoms with van der Waals surface area (Å²) >= 11 is 0. The van der Waals surface area contributed by atoms with E-state index in [1.165, 1.54) is 128 Å². The van der Waals surface area contributed by atoms with Crippen LogP contribution < -0.4 is 0 Å². The summed E-state index contributed by atoms with van der Waals surface area (Å²) in [6, 6.07) is 76.7. The Kier molecular flexibility index (Phi) is 26.9. The molecule has 3 aliphatic rings. The molecule has 13 rings (SSSR count). The Morgan fingerprint density at radius 1 is 0.243 bits per heavy atom. The van der Waals surface area contributed by atoms with Crippen LogP contribution in [0, 0.1) is 0 Å². The fraction of sp³-hybridized carbons (Fsp3) is 0.213. The van der Waals surface area contributed by atoms with Gasteiger partial charge in [-0.25, -0.2) is 47.9 Å². The average molecular weight is 1560 g/mol. The third-order valence-corrected chi connectivity index (χ3v) is 18.5. The molecule has 3 heterocycles. The highest BCUT2D eigenvalue weighted by atomic mass is 16.8. The molecule has 0 spiro atoms. The Labute approximate surface area is 658 Å². The topological polar surface area (TPSA) is 318 Å². The summed E-state index contributed by atoms with van der Waals surface area (Å²) < 4.78 is 103. The highest BCUT2D eigenvalue weighted by Crippen LogP contribution is 2.40. The van der Waals surface area contributed by atoms with E-state index in [0.717, 1.165) is 0 Å². The highest BCUT2D eigenvalue weighted by molar-refractivity contribution is 5.94. The fourth-order valence-corrected chi connectivity index (χ4v) is 12.8. The van der Waals surface area contributed by atoms with E-state index in [9.17, 15) is 43.2 Å². The Morgan fingerprint density at radius 2 is 0.452 bits per heavy atom. The number of ether oxygens (including phenoxy) is 16. The maximum Gasteiger partial charge on any atom is 0.338 e. The Morgan fingerprint density at radius 3 is 0.739 bits per heavy atom. The number of rotatable bonds is 31. The first kappa shape index (κ1) is 79.7. The molecule has 0 N–H and O–H groups in total. The van der Waals surface area contributed by atoms with Gasteiger partial charge in [0.2, 0.25) is 0 Å². The molecule has 0 radical (unpaired) electrons. The van der Waals surface area contributed by atoms with E-state index in [2.05, 4.69) is 0 Å². The lowest BCUT2D eigenvalue weighted by Crippen LogP contribution is -2.50. The number of hydrogen-bond donors (Lipinski definition) is 0. The highest BCUT2D eigenvalue weighted by Gasteiger charge is 2.60. The van der Waals surface area contributed by atoms with Gasteiger partial charge < -0.3 is 75.8 Å². The van der Waals surface area contributed by atoms with Gasteiger partial charge in [-0.1, -0.05) is 182 Å². The number of esters is 10. The second-order valence-electron chi connectivity index (χ2n) is 26.1. The van der Waals surface area contributed by atoms with Gasteiger partial charge in [0.05, 0.1) is 62.2 Å². The molecule has 0 bridgehead atoms. The maximum absolute atomic E-state index is 15.1. The molecule has 26 nitrogen and oxygen atoms in total. The first-order chi connectivity index (χ1) is 56.1. The zero-order chi connectivity index (χ0) is 80.0. The molecule has 3 fully saturated rings. The van der Waals surface area contributed by atoms with E-state index < -0.39 is 172 Å². The molecule has 15 atom stereocenters. The minimum atomic E-state index is -2.15. The van der Waals surface area contributed by atoms with Gasteiger partial charge in [-0.15, -0.1) is 0 Å². The first-order valence-corrected chi connectivity index (χ1v) is 36.4. The molecule has 115 heavy (non-hydrogen) atoms. The lowest BCUT2D eigenvalue weighted by Gasteiger charge is -2.31. The van der Waals surface area contributed by atoms with Crippen LogP contribution in [-0.2, 0) is 75.8 Å². The molecule has 3 aliphatic heterocycles. The van der Waals surface area contributed by atoms with E-state index in [0.29, 0.717) is 0 Å². The zero-order valence-corrected chi connectivity index (χ0v) is 61.3. The van der Waals surface area contributed by atoms with Crippen molar-refractivity contribution in [2.24, 2.45) is 0 Å². The van der Waals surface area contributed by atoms with Crippen molar-refractivity contribution in [3.05, 3.63) is 359 Å². The minimum absolute atomic E-state index is 0.00137. The maximum atomic E-state index is 15.1. The molecule has 10 aromatic carbocycles. The lowest BCUT2D eigenvalue weighted by molar-refractivity contribution is -0.247. The molecule has 0 amide bonds. The average Bonchev–Trinajstić information content (AvgIpc) is 1.63. The number of hydrogen-bond acceptors (Lipinski definition) is 26. The van der Waals surface area contributed by atoms with Crippen LogP contribution in [0.15, 0.2) is 303 Å². The summed E-state index contributed by atoms with van der Waals surface area (Å²) in [6.07, 6.45) is -28.3. The van der Waals surface area contributed by atoms with Crippen LogP contribution >= 0.6 is 0 Å². The normalized spacial score (nSPS) is 21.4. The van der Waals surface area contributed by atoms with Crippen LogP contribution in [0.5, 0.6) is 0 Å². The van der Waals surface area contributed by atoms with Gasteiger partial charge in [0.15, 0.2) is 67.7 Å². The van der Waals surface area contributed by atoms with Crippen LogP contribution in [0.2, 0.25) is 0 Å². The molecule has 0 aromatic heterocycles. The predicted molar refractivity (Wildman–Crippen MR) is 402 cm³/mol. The molecule has 586 valence electrons. The smallest absolute Gasteiger partial charge is 0.338 e. The van der Waals surface area contributed by atoms with Crippen molar-refractivity contribution in [1.82, 2.24) is 0 Å². The van der Waals surface area contributed by atoms with Crippen molar-refractivity contribution >= 4 is 59.7 Å². The Bertz CT molecular complexity index is 4920. The summed E-state index contributed by atoms with van der Waals surface area (Å²) in [5.41, 5.74) is 0.00359. The van der Waals surface area contributed by atoms with Crippen molar-refractivity contribution in [3.8, 4) is 0 Å². The monoisotopic (exact) mass is 1560 g/mol. The van der Waals surface area contributed by atoms with Crippen molar-refractivity contribution in [2.75, 3.05) is 26.9 Å². The van der Waals surface area contributed by atoms with Crippen molar-refractivity contribution in [1.29, 1.82) is 0 Å². The van der Waals surface area contributed by atoms with E-state index in [1.54, 1.807) is 182 Å². The fourth-order valence-electron chi connectivity index (χ4n) is 12.8. The second-order valence-corrected chi connectivity index (χ2v) is 26.1. The quantitative estimate of drug-likeness (QED) is 0.0288. The van der Waals surface area contributed by atoms with E-state index >= 15 is 4.79 Å². The van der Waals surface area contributed by atoms with Gasteiger partial charge in [0.25, 0.3) is 0 Å². The molecule has 0 aliphatic carbocycles. The number of benzene rings is 10. The summed E-state index contributed by atoms with van der Waals surface area (Å²) in [5, 5.41) is 0. The van der Waals surface area contributed by atoms with Gasteiger partial charge in [-0.3, -0.25) is 0 Å². The predicted octanol–water partition coefficient (Wildman–Crippen LogP) is 11.7. The van der Waals surface area contributed by atoms with Crippen molar-refractivity contribution < 1.29 is 124 Å². The number of carbonyl (C=O) groups is 10. The lowest BCUT2D eigenvalue weighted by atomic mass is 10.0. The third kappa shape index (κ3) is 20.3. The van der Waals surface area contributed by atoms with Crippen LogP contribution in [0.3, 0.4) is 0 Å². The SMILES string of the molecule is CO[C@@H]1O[C@@H]([C@@H](CO[C@@H]2O[C@@H]([C@@H](COC(=O)c3ccccc3)O[C@@H]3O[C@@H]([C@@H](COC(=O)c4ccccc4)OC(=O)c4ccccc4)[C@H](OC(=O)c4ccccc4)[C@H]3OC(=O)c3ccccc3)[C@H](OC(=O)c3ccccc3)[C@H]2OC(=O)c2ccccc2)OC(=O)c2ccccc2)[C@H](OC(=O)c2ccccc2)[C@H]1OC(=O)c1ccccc1. The first-order valence-electron chi connectivity index (χ1n) is 36.4. The molecule has 26 heteroatoms. The van der Waals surface area contributed by atoms with Crippen LogP contribution in [0.25, 0.3) is 0 Å². The number of carbonyl (C=O) groups excluding carboxylic acids is 10. The van der Waals surface area contributed by atoms with Crippen LogP contribution in [0.1, 0.15) is 104 Å². The summed E-state index contributed by atoms with van der Waals surface area (Å²) in [5.74, 6) is -9.98. The van der Waals surface area contributed by atoms with Crippen molar-refractivity contribution in [2.45, 2.75) is 92.1 Å². The largest absolute Gasteiger partial charge is 0.459 e. The summed E-state index contributed by atoms with van der Waals surface area (Å²) in [4.78, 5) is 146. The molecule has 0 unspecified atom stereocenters. The van der Waals surface area contributed by atoms with Gasteiger partial charge in [-0.2, -0.15) is 0 Å². The molecule has 3 saturated heterocycles. The Hall–Kier alpha value is -13.3.